The molecule has 0 radical (unpaired) electrons. The molecule has 1 fully saturated rings. The zero-order chi connectivity index (χ0) is 10.6. The molecule has 4 nitrogen and oxygen atoms in total. The fourth-order valence-electron chi connectivity index (χ4n) is 1.83. The highest BCUT2D eigenvalue weighted by atomic mass is 32.2. The summed E-state index contributed by atoms with van der Waals surface area (Å²) in [6, 6.07) is 0. The molecule has 0 unspecified atom stereocenters. The Kier molecular flexibility index (Phi) is 4.07. The van der Waals surface area contributed by atoms with Crippen LogP contribution in [0, 0.1) is 5.41 Å². The van der Waals surface area contributed by atoms with Gasteiger partial charge in [-0.1, -0.05) is 0 Å². The standard InChI is InChI=1S/C9H18N2O2S/c1-11-5-2-9(8(10)12)3-6-14(13)7-4-9/h11H,2-7H2,1H3,(H2,10,12). The number of nitrogens with one attached hydrogen (secondary N) is 1. The third kappa shape index (κ3) is 2.54. The van der Waals surface area contributed by atoms with Crippen LogP contribution in [0.25, 0.3) is 0 Å². The zero-order valence-electron chi connectivity index (χ0n) is 8.54. The lowest BCUT2D eigenvalue weighted by Gasteiger charge is -2.33. The molecule has 0 aromatic rings. The molecule has 1 heterocycles. The minimum Gasteiger partial charge on any atom is -0.369 e. The van der Waals surface area contributed by atoms with Crippen molar-refractivity contribution in [2.75, 3.05) is 25.1 Å². The smallest absolute Gasteiger partial charge is 0.223 e. The summed E-state index contributed by atoms with van der Waals surface area (Å²) in [5.74, 6) is 1.00. The Balaban J connectivity index is 2.63. The summed E-state index contributed by atoms with van der Waals surface area (Å²) in [7, 11) is 1.12. The molecule has 0 spiro atoms. The van der Waals surface area contributed by atoms with Gasteiger partial charge in [0.15, 0.2) is 0 Å². The van der Waals surface area contributed by atoms with E-state index in [0.29, 0.717) is 24.3 Å². The minimum atomic E-state index is -0.737. The Morgan fingerprint density at radius 1 is 1.50 bits per heavy atom. The Hall–Kier alpha value is -0.420. The van der Waals surface area contributed by atoms with Crippen LogP contribution >= 0.6 is 0 Å². The first-order chi connectivity index (χ1) is 6.60. The summed E-state index contributed by atoms with van der Waals surface area (Å²) in [5, 5.41) is 3.02. The van der Waals surface area contributed by atoms with Crippen LogP contribution in [0.5, 0.6) is 0 Å². The fourth-order valence-corrected chi connectivity index (χ4v) is 3.27. The van der Waals surface area contributed by atoms with Gasteiger partial charge in [-0.2, -0.15) is 0 Å². The number of primary amides is 1. The zero-order valence-corrected chi connectivity index (χ0v) is 9.36. The van der Waals surface area contributed by atoms with E-state index in [2.05, 4.69) is 5.32 Å². The maximum Gasteiger partial charge on any atom is 0.223 e. The number of amides is 1. The predicted octanol–water partition coefficient (Wildman–Crippen LogP) is -0.390. The Bertz CT molecular complexity index is 233. The molecule has 0 aliphatic carbocycles. The third-order valence-corrected chi connectivity index (χ3v) is 4.31. The van der Waals surface area contributed by atoms with Crippen molar-refractivity contribution in [2.24, 2.45) is 11.1 Å². The first-order valence-corrected chi connectivity index (χ1v) is 6.39. The lowest BCUT2D eigenvalue weighted by atomic mass is 9.78. The highest BCUT2D eigenvalue weighted by Gasteiger charge is 2.38. The summed E-state index contributed by atoms with van der Waals surface area (Å²) in [5.41, 5.74) is 5.02. The van der Waals surface area contributed by atoms with Gasteiger partial charge >= 0.3 is 0 Å². The Morgan fingerprint density at radius 2 is 2.07 bits per heavy atom. The number of rotatable bonds is 4. The van der Waals surface area contributed by atoms with Crippen molar-refractivity contribution >= 4 is 16.7 Å². The predicted molar refractivity (Wildman–Crippen MR) is 57.3 cm³/mol. The summed E-state index contributed by atoms with van der Waals surface area (Å²) in [6.07, 6.45) is 2.11. The summed E-state index contributed by atoms with van der Waals surface area (Å²) in [4.78, 5) is 11.4. The van der Waals surface area contributed by atoms with E-state index in [1.807, 2.05) is 7.05 Å². The van der Waals surface area contributed by atoms with Crippen LogP contribution in [0.1, 0.15) is 19.3 Å². The first-order valence-electron chi connectivity index (χ1n) is 4.90. The number of nitrogens with two attached hydrogens (primary N) is 1. The third-order valence-electron chi connectivity index (χ3n) is 2.99. The molecule has 5 heteroatoms. The lowest BCUT2D eigenvalue weighted by molar-refractivity contribution is -0.128. The van der Waals surface area contributed by atoms with E-state index < -0.39 is 16.2 Å². The fraction of sp³-hybridized carbons (Fsp3) is 0.889. The topological polar surface area (TPSA) is 72.2 Å². The molecule has 1 aliphatic rings. The van der Waals surface area contributed by atoms with Gasteiger partial charge in [-0.05, 0) is 32.9 Å². The van der Waals surface area contributed by atoms with Gasteiger partial charge in [0, 0.05) is 22.3 Å². The largest absolute Gasteiger partial charge is 0.369 e. The van der Waals surface area contributed by atoms with Crippen LogP contribution in [0.3, 0.4) is 0 Å². The van der Waals surface area contributed by atoms with Crippen LogP contribution < -0.4 is 11.1 Å². The van der Waals surface area contributed by atoms with Crippen molar-refractivity contribution < 1.29 is 9.00 Å². The van der Waals surface area contributed by atoms with Crippen LogP contribution in [0.4, 0.5) is 0 Å². The molecular weight excluding hydrogens is 200 g/mol. The summed E-state index contributed by atoms with van der Waals surface area (Å²) >= 11 is 0. The monoisotopic (exact) mass is 218 g/mol. The van der Waals surface area contributed by atoms with Gasteiger partial charge < -0.3 is 11.1 Å². The average Bonchev–Trinajstić information content (AvgIpc) is 2.17. The minimum absolute atomic E-state index is 0.232. The van der Waals surface area contributed by atoms with E-state index in [0.717, 1.165) is 13.0 Å². The number of hydrogen-bond donors (Lipinski definition) is 2. The second kappa shape index (κ2) is 4.89. The molecule has 0 atom stereocenters. The molecule has 3 N–H and O–H groups in total. The first kappa shape index (κ1) is 11.7. The molecule has 1 aliphatic heterocycles. The van der Waals surface area contributed by atoms with E-state index in [1.165, 1.54) is 0 Å². The van der Waals surface area contributed by atoms with Crippen molar-refractivity contribution in [3.8, 4) is 0 Å². The van der Waals surface area contributed by atoms with E-state index in [1.54, 1.807) is 0 Å². The van der Waals surface area contributed by atoms with Gasteiger partial charge in [-0.15, -0.1) is 0 Å². The molecule has 0 aromatic heterocycles. The van der Waals surface area contributed by atoms with E-state index in [4.69, 9.17) is 5.73 Å². The van der Waals surface area contributed by atoms with Gasteiger partial charge in [-0.3, -0.25) is 9.00 Å². The van der Waals surface area contributed by atoms with Gasteiger partial charge in [0.2, 0.25) is 5.91 Å². The summed E-state index contributed by atoms with van der Waals surface area (Å²) in [6.45, 7) is 0.787. The van der Waals surface area contributed by atoms with Gasteiger partial charge in [0.25, 0.3) is 0 Å². The van der Waals surface area contributed by atoms with Crippen molar-refractivity contribution in [1.29, 1.82) is 0 Å². The van der Waals surface area contributed by atoms with Crippen LogP contribution in [-0.2, 0) is 15.6 Å². The van der Waals surface area contributed by atoms with Gasteiger partial charge in [-0.25, -0.2) is 0 Å². The van der Waals surface area contributed by atoms with E-state index in [-0.39, 0.29) is 5.91 Å². The van der Waals surface area contributed by atoms with Gasteiger partial charge in [0.05, 0.1) is 5.41 Å². The molecule has 82 valence electrons. The number of hydrogen-bond acceptors (Lipinski definition) is 3. The molecule has 0 bridgehead atoms. The Morgan fingerprint density at radius 3 is 2.50 bits per heavy atom. The van der Waals surface area contributed by atoms with E-state index >= 15 is 0 Å². The molecule has 0 saturated carbocycles. The van der Waals surface area contributed by atoms with Crippen LogP contribution in [-0.4, -0.2) is 35.2 Å². The molecule has 1 amide bonds. The van der Waals surface area contributed by atoms with Crippen molar-refractivity contribution in [2.45, 2.75) is 19.3 Å². The molecule has 0 aromatic carbocycles. The van der Waals surface area contributed by atoms with Crippen molar-refractivity contribution in [3.05, 3.63) is 0 Å². The Labute approximate surface area is 87.1 Å². The maximum absolute atomic E-state index is 11.4. The average molecular weight is 218 g/mol. The van der Waals surface area contributed by atoms with Crippen LogP contribution in [0.15, 0.2) is 0 Å². The molecule has 14 heavy (non-hydrogen) atoms. The van der Waals surface area contributed by atoms with Gasteiger partial charge in [0.1, 0.15) is 0 Å². The molecular formula is C9H18N2O2S. The van der Waals surface area contributed by atoms with E-state index in [9.17, 15) is 9.00 Å². The number of carbonyl (C=O) groups is 1. The molecule has 1 rings (SSSR count). The van der Waals surface area contributed by atoms with Crippen molar-refractivity contribution in [3.63, 3.8) is 0 Å². The van der Waals surface area contributed by atoms with Crippen molar-refractivity contribution in [1.82, 2.24) is 5.32 Å². The second-order valence-corrected chi connectivity index (χ2v) is 5.54. The SMILES string of the molecule is CNCCC1(C(N)=O)CCS(=O)CC1. The summed E-state index contributed by atoms with van der Waals surface area (Å²) < 4.78 is 11.2. The quantitative estimate of drug-likeness (QED) is 0.675. The highest BCUT2D eigenvalue weighted by Crippen LogP contribution is 2.34. The number of carbonyl (C=O) groups excluding carboxylic acids is 1. The molecule has 1 saturated heterocycles. The second-order valence-electron chi connectivity index (χ2n) is 3.85. The van der Waals surface area contributed by atoms with Crippen LogP contribution in [0.2, 0.25) is 0 Å². The normalized spacial score (nSPS) is 32.8. The highest BCUT2D eigenvalue weighted by molar-refractivity contribution is 7.85. The lowest BCUT2D eigenvalue weighted by Crippen LogP contribution is -2.43. The maximum atomic E-state index is 11.4.